The van der Waals surface area contributed by atoms with Crippen LogP contribution in [0.15, 0.2) is 60.7 Å². The van der Waals surface area contributed by atoms with Crippen LogP contribution in [0.25, 0.3) is 0 Å². The van der Waals surface area contributed by atoms with Crippen molar-refractivity contribution < 1.29 is 14.3 Å². The molecule has 1 saturated heterocycles. The van der Waals surface area contributed by atoms with Gasteiger partial charge < -0.3 is 10.1 Å². The van der Waals surface area contributed by atoms with Gasteiger partial charge in [0.15, 0.2) is 6.17 Å². The zero-order chi connectivity index (χ0) is 21.1. The second-order valence-corrected chi connectivity index (χ2v) is 6.44. The van der Waals surface area contributed by atoms with E-state index in [4.69, 9.17) is 4.74 Å². The lowest BCUT2D eigenvalue weighted by atomic mass is 10.1. The maximum atomic E-state index is 12.8. The molecular formula is C23H31N3O3. The molecule has 6 nitrogen and oxygen atoms in total. The van der Waals surface area contributed by atoms with Gasteiger partial charge in [0.05, 0.1) is 6.61 Å². The maximum Gasteiger partial charge on any atom is 0.338 e. The third-order valence-electron chi connectivity index (χ3n) is 4.57. The van der Waals surface area contributed by atoms with E-state index in [1.165, 1.54) is 0 Å². The van der Waals surface area contributed by atoms with Gasteiger partial charge in [-0.3, -0.25) is 15.0 Å². The first-order chi connectivity index (χ1) is 14.2. The largest absolute Gasteiger partial charge is 0.464 e. The smallest absolute Gasteiger partial charge is 0.338 e. The molecule has 1 aliphatic heterocycles. The predicted molar refractivity (Wildman–Crippen MR) is 114 cm³/mol. The number of ether oxygens (including phenoxy) is 1. The molecule has 2 N–H and O–H groups in total. The maximum absolute atomic E-state index is 12.8. The van der Waals surface area contributed by atoms with E-state index in [1.807, 2.05) is 79.4 Å². The summed E-state index contributed by atoms with van der Waals surface area (Å²) >= 11 is 0. The highest BCUT2D eigenvalue weighted by Gasteiger charge is 2.41. The fourth-order valence-electron chi connectivity index (χ4n) is 3.22. The summed E-state index contributed by atoms with van der Waals surface area (Å²) < 4.78 is 5.18. The van der Waals surface area contributed by atoms with E-state index < -0.39 is 12.2 Å². The minimum atomic E-state index is -0.627. The second kappa shape index (κ2) is 12.0. The molecule has 2 aromatic rings. The Kier molecular flexibility index (Phi) is 9.34. The Morgan fingerprint density at radius 1 is 1.03 bits per heavy atom. The molecule has 1 heterocycles. The van der Waals surface area contributed by atoms with E-state index in [-0.39, 0.29) is 11.9 Å². The van der Waals surface area contributed by atoms with Crippen molar-refractivity contribution in [2.45, 2.75) is 46.1 Å². The van der Waals surface area contributed by atoms with Crippen molar-refractivity contribution in [1.29, 1.82) is 0 Å². The van der Waals surface area contributed by atoms with E-state index in [9.17, 15) is 9.59 Å². The molecule has 0 aromatic heterocycles. The summed E-state index contributed by atoms with van der Waals surface area (Å²) in [5.74, 6) is -0.458. The number of hydrogen-bond acceptors (Lipinski definition) is 5. The zero-order valence-electron chi connectivity index (χ0n) is 17.4. The monoisotopic (exact) mass is 397 g/mol. The molecule has 1 fully saturated rings. The van der Waals surface area contributed by atoms with Gasteiger partial charge in [-0.25, -0.2) is 4.79 Å². The highest BCUT2D eigenvalue weighted by molar-refractivity contribution is 5.85. The van der Waals surface area contributed by atoms with Crippen LogP contribution in [0.2, 0.25) is 0 Å². The van der Waals surface area contributed by atoms with Crippen LogP contribution in [0.4, 0.5) is 0 Å². The first kappa shape index (κ1) is 22.6. The van der Waals surface area contributed by atoms with Crippen LogP contribution in [0.1, 0.15) is 31.9 Å². The number of carbonyl (C=O) groups excluding carboxylic acids is 2. The van der Waals surface area contributed by atoms with E-state index in [2.05, 4.69) is 10.6 Å². The molecule has 0 aliphatic carbocycles. The second-order valence-electron chi connectivity index (χ2n) is 6.44. The number of benzene rings is 2. The van der Waals surface area contributed by atoms with Gasteiger partial charge in [-0.2, -0.15) is 0 Å². The molecule has 1 aliphatic rings. The summed E-state index contributed by atoms with van der Waals surface area (Å²) in [7, 11) is 0. The molecule has 0 spiro atoms. The zero-order valence-corrected chi connectivity index (χ0v) is 17.4. The van der Waals surface area contributed by atoms with E-state index >= 15 is 0 Å². The van der Waals surface area contributed by atoms with Crippen molar-refractivity contribution >= 4 is 11.9 Å². The number of nitrogens with one attached hydrogen (secondary N) is 2. The van der Waals surface area contributed by atoms with Gasteiger partial charge in [-0.15, -0.1) is 0 Å². The van der Waals surface area contributed by atoms with Crippen molar-refractivity contribution in [1.82, 2.24) is 15.5 Å². The lowest BCUT2D eigenvalue weighted by Crippen LogP contribution is -2.49. The molecule has 6 heteroatoms. The van der Waals surface area contributed by atoms with Gasteiger partial charge in [-0.05, 0) is 18.1 Å². The number of esters is 1. The Morgan fingerprint density at radius 3 is 2.21 bits per heavy atom. The fraction of sp³-hybridized carbons (Fsp3) is 0.391. The van der Waals surface area contributed by atoms with Crippen LogP contribution >= 0.6 is 0 Å². The molecule has 0 bridgehead atoms. The molecule has 2 aromatic carbocycles. The van der Waals surface area contributed by atoms with Crippen LogP contribution in [0, 0.1) is 0 Å². The first-order valence-electron chi connectivity index (χ1n) is 10.2. The van der Waals surface area contributed by atoms with Gasteiger partial charge in [0.1, 0.15) is 6.04 Å². The average Bonchev–Trinajstić information content (AvgIpc) is 3.19. The molecule has 156 valence electrons. The Balaban J connectivity index is 0.00000145. The van der Waals surface area contributed by atoms with Gasteiger partial charge >= 0.3 is 5.97 Å². The van der Waals surface area contributed by atoms with E-state index in [0.717, 1.165) is 11.1 Å². The summed E-state index contributed by atoms with van der Waals surface area (Å²) in [5.41, 5.74) is 2.07. The van der Waals surface area contributed by atoms with Gasteiger partial charge in [0.2, 0.25) is 5.91 Å². The molecule has 3 rings (SSSR count). The van der Waals surface area contributed by atoms with Crippen molar-refractivity contribution in [3.63, 3.8) is 0 Å². The highest BCUT2D eigenvalue weighted by Crippen LogP contribution is 2.18. The summed E-state index contributed by atoms with van der Waals surface area (Å²) in [5, 5.41) is 6.11. The predicted octanol–water partition coefficient (Wildman–Crippen LogP) is 2.69. The quantitative estimate of drug-likeness (QED) is 0.703. The minimum Gasteiger partial charge on any atom is -0.464 e. The fourth-order valence-corrected chi connectivity index (χ4v) is 3.22. The van der Waals surface area contributed by atoms with Crippen molar-refractivity contribution in [2.24, 2.45) is 0 Å². The first-order valence-corrected chi connectivity index (χ1v) is 10.2. The molecular weight excluding hydrogens is 366 g/mol. The molecule has 29 heavy (non-hydrogen) atoms. The van der Waals surface area contributed by atoms with E-state index in [0.29, 0.717) is 26.2 Å². The van der Waals surface area contributed by atoms with Crippen molar-refractivity contribution in [2.75, 3.05) is 13.2 Å². The molecule has 0 radical (unpaired) electrons. The van der Waals surface area contributed by atoms with Crippen LogP contribution in [0.5, 0.6) is 0 Å². The number of hydrogen-bond donors (Lipinski definition) is 2. The SMILES string of the molecule is CC.CCOC(=O)C1NCC(C(=O)NCc2ccccc2)N1Cc1ccccc1. The Bertz CT molecular complexity index is 752. The summed E-state index contributed by atoms with van der Waals surface area (Å²) in [6.45, 7) is 7.43. The number of rotatable bonds is 7. The van der Waals surface area contributed by atoms with Crippen molar-refractivity contribution in [3.05, 3.63) is 71.8 Å². The Hall–Kier alpha value is -2.70. The molecule has 2 atom stereocenters. The molecule has 1 amide bonds. The van der Waals surface area contributed by atoms with Crippen LogP contribution in [-0.4, -0.2) is 42.1 Å². The number of carbonyl (C=O) groups is 2. The van der Waals surface area contributed by atoms with Crippen LogP contribution in [-0.2, 0) is 27.4 Å². The lowest BCUT2D eigenvalue weighted by molar-refractivity contribution is -0.150. The van der Waals surface area contributed by atoms with Crippen molar-refractivity contribution in [3.8, 4) is 0 Å². The summed E-state index contributed by atoms with van der Waals surface area (Å²) in [6.07, 6.45) is -0.627. The summed E-state index contributed by atoms with van der Waals surface area (Å²) in [6, 6.07) is 19.1. The average molecular weight is 398 g/mol. The van der Waals surface area contributed by atoms with Gasteiger partial charge in [-0.1, -0.05) is 74.5 Å². The number of amides is 1. The van der Waals surface area contributed by atoms with E-state index in [1.54, 1.807) is 6.92 Å². The standard InChI is InChI=1S/C21H25N3O3.C2H6/c1-2-27-21(26)19-22-14-18(24(19)15-17-11-7-4-8-12-17)20(25)23-13-16-9-5-3-6-10-16;1-2/h3-12,18-19,22H,2,13-15H2,1H3,(H,23,25);1-2H3. The third kappa shape index (κ3) is 6.41. The number of nitrogens with zero attached hydrogens (tertiary/aromatic N) is 1. The topological polar surface area (TPSA) is 70.7 Å². The van der Waals surface area contributed by atoms with Crippen LogP contribution < -0.4 is 10.6 Å². The Labute approximate surface area is 173 Å². The third-order valence-corrected chi connectivity index (χ3v) is 4.57. The highest BCUT2D eigenvalue weighted by atomic mass is 16.5. The van der Waals surface area contributed by atoms with Gasteiger partial charge in [0, 0.05) is 19.6 Å². The van der Waals surface area contributed by atoms with Gasteiger partial charge in [0.25, 0.3) is 0 Å². The van der Waals surface area contributed by atoms with Crippen LogP contribution in [0.3, 0.4) is 0 Å². The Morgan fingerprint density at radius 2 is 1.62 bits per heavy atom. The normalized spacial score (nSPS) is 18.4. The molecule has 0 saturated carbocycles. The molecule has 2 unspecified atom stereocenters. The summed E-state index contributed by atoms with van der Waals surface area (Å²) in [4.78, 5) is 27.0. The lowest BCUT2D eigenvalue weighted by Gasteiger charge is -2.27. The minimum absolute atomic E-state index is 0.103.